The number of nitrogens with one attached hydrogen (secondary N) is 1. The number of imide groups is 1. The lowest BCUT2D eigenvalue weighted by atomic mass is 10.2. The number of nitrogen functional groups attached to an aromatic ring is 1. The topological polar surface area (TPSA) is 108 Å². The van der Waals surface area contributed by atoms with Gasteiger partial charge in [0.1, 0.15) is 17.4 Å². The second kappa shape index (κ2) is 8.35. The molecule has 0 saturated carbocycles. The van der Waals surface area contributed by atoms with Crippen LogP contribution in [0.25, 0.3) is 0 Å². The first-order chi connectivity index (χ1) is 12.5. The Bertz CT molecular complexity index is 865. The van der Waals surface area contributed by atoms with E-state index in [-0.39, 0.29) is 5.57 Å². The fraction of sp³-hybridized carbons (Fsp3) is 0.105. The number of nitrogens with zero attached hydrogens (tertiary/aromatic N) is 2. The zero-order chi connectivity index (χ0) is 19.1. The van der Waals surface area contributed by atoms with Crippen molar-refractivity contribution in [3.63, 3.8) is 0 Å². The number of amides is 2. The lowest BCUT2D eigenvalue weighted by Gasteiger charge is -2.19. The number of anilines is 3. The molecule has 0 aliphatic carbocycles. The van der Waals surface area contributed by atoms with Crippen LogP contribution in [0.3, 0.4) is 0 Å². The second-order valence-corrected chi connectivity index (χ2v) is 5.29. The number of hydrogen-bond donors (Lipinski definition) is 2. The summed E-state index contributed by atoms with van der Waals surface area (Å²) in [7, 11) is 1.56. The highest BCUT2D eigenvalue weighted by Gasteiger charge is 2.23. The first kappa shape index (κ1) is 18.5. The fourth-order valence-electron chi connectivity index (χ4n) is 2.17. The van der Waals surface area contributed by atoms with Gasteiger partial charge in [-0.05, 0) is 48.5 Å². The van der Waals surface area contributed by atoms with Crippen LogP contribution in [0.1, 0.15) is 6.92 Å². The number of hydrogen-bond acceptors (Lipinski definition) is 6. The van der Waals surface area contributed by atoms with Crippen LogP contribution in [0.15, 0.2) is 60.3 Å². The minimum atomic E-state index is -0.731. The number of benzene rings is 2. The maximum absolute atomic E-state index is 12.6. The average Bonchev–Trinajstić information content (AvgIpc) is 2.64. The number of carbonyl (C=O) groups excluding carboxylic acids is 2. The second-order valence-electron chi connectivity index (χ2n) is 5.29. The van der Waals surface area contributed by atoms with Crippen LogP contribution in [-0.4, -0.2) is 18.9 Å². The smallest absolute Gasteiger partial charge is 0.277 e. The largest absolute Gasteiger partial charge is 0.497 e. The Kier molecular flexibility index (Phi) is 5.96. The van der Waals surface area contributed by atoms with Crippen LogP contribution in [0.5, 0.6) is 5.75 Å². The molecule has 7 heteroatoms. The molecule has 0 aliphatic heterocycles. The molecule has 0 saturated heterocycles. The molecule has 2 rings (SSSR count). The van der Waals surface area contributed by atoms with Gasteiger partial charge >= 0.3 is 0 Å². The Morgan fingerprint density at radius 1 is 1.15 bits per heavy atom. The number of nitrogens with two attached hydrogens (primary N) is 1. The molecule has 0 bridgehead atoms. The van der Waals surface area contributed by atoms with E-state index in [0.29, 0.717) is 22.8 Å². The van der Waals surface area contributed by atoms with Crippen molar-refractivity contribution >= 4 is 28.9 Å². The maximum atomic E-state index is 12.6. The average molecular weight is 350 g/mol. The molecule has 7 nitrogen and oxygen atoms in total. The third-order valence-electron chi connectivity index (χ3n) is 3.49. The molecule has 2 aromatic carbocycles. The van der Waals surface area contributed by atoms with Crippen molar-refractivity contribution < 1.29 is 14.3 Å². The molecule has 0 unspecified atom stereocenters. The quantitative estimate of drug-likeness (QED) is 0.487. The molecular weight excluding hydrogens is 332 g/mol. The molecule has 2 amide bonds. The SMILES string of the molecule is COc1ccc(N/C=C(/C#N)C(=O)N(C(C)=O)c2ccc(N)cc2)cc1. The van der Waals surface area contributed by atoms with Crippen LogP contribution in [0, 0.1) is 11.3 Å². The van der Waals surface area contributed by atoms with E-state index < -0.39 is 11.8 Å². The minimum absolute atomic E-state index is 0.215. The first-order valence-corrected chi connectivity index (χ1v) is 7.67. The van der Waals surface area contributed by atoms with Gasteiger partial charge in [-0.3, -0.25) is 9.59 Å². The predicted octanol–water partition coefficient (Wildman–Crippen LogP) is 2.68. The molecule has 2 aromatic rings. The number of methoxy groups -OCH3 is 1. The highest BCUT2D eigenvalue weighted by atomic mass is 16.5. The Labute approximate surface area is 151 Å². The van der Waals surface area contributed by atoms with Gasteiger partial charge < -0.3 is 15.8 Å². The van der Waals surface area contributed by atoms with Crippen molar-refractivity contribution in [3.05, 3.63) is 60.3 Å². The predicted molar refractivity (Wildman–Crippen MR) is 99.3 cm³/mol. The molecule has 0 spiro atoms. The van der Waals surface area contributed by atoms with Crippen LogP contribution >= 0.6 is 0 Å². The van der Waals surface area contributed by atoms with Crippen molar-refractivity contribution in [3.8, 4) is 11.8 Å². The highest BCUT2D eigenvalue weighted by Crippen LogP contribution is 2.20. The highest BCUT2D eigenvalue weighted by molar-refractivity contribution is 6.21. The summed E-state index contributed by atoms with van der Waals surface area (Å²) in [6.07, 6.45) is 1.26. The number of rotatable bonds is 5. The van der Waals surface area contributed by atoms with E-state index in [9.17, 15) is 14.9 Å². The summed E-state index contributed by atoms with van der Waals surface area (Å²) in [6.45, 7) is 1.25. The van der Waals surface area contributed by atoms with Crippen molar-refractivity contribution in [2.45, 2.75) is 6.92 Å². The van der Waals surface area contributed by atoms with E-state index in [0.717, 1.165) is 4.90 Å². The Balaban J connectivity index is 2.25. The van der Waals surface area contributed by atoms with E-state index in [1.807, 2.05) is 6.07 Å². The third-order valence-corrected chi connectivity index (χ3v) is 3.49. The molecule has 0 fully saturated rings. The van der Waals surface area contributed by atoms with Gasteiger partial charge in [0.25, 0.3) is 5.91 Å². The zero-order valence-electron chi connectivity index (χ0n) is 14.4. The maximum Gasteiger partial charge on any atom is 0.277 e. The molecule has 0 aliphatic rings. The van der Waals surface area contributed by atoms with Gasteiger partial charge in [0, 0.05) is 24.5 Å². The normalized spacial score (nSPS) is 10.6. The van der Waals surface area contributed by atoms with Gasteiger partial charge in [-0.15, -0.1) is 0 Å². The van der Waals surface area contributed by atoms with Crippen LogP contribution in [0.2, 0.25) is 0 Å². The van der Waals surface area contributed by atoms with Gasteiger partial charge in [-0.25, -0.2) is 4.90 Å². The lowest BCUT2D eigenvalue weighted by Crippen LogP contribution is -2.36. The van der Waals surface area contributed by atoms with Crippen molar-refractivity contribution in [1.82, 2.24) is 0 Å². The zero-order valence-corrected chi connectivity index (χ0v) is 14.4. The summed E-state index contributed by atoms with van der Waals surface area (Å²) in [4.78, 5) is 25.5. The summed E-state index contributed by atoms with van der Waals surface area (Å²) in [5.74, 6) is -0.557. The molecular formula is C19H18N4O3. The standard InChI is InChI=1S/C19H18N4O3/c1-13(24)23(17-7-3-15(21)4-8-17)19(25)14(11-20)12-22-16-5-9-18(26-2)10-6-16/h3-10,12,22H,21H2,1-2H3/b14-12-. The molecule has 26 heavy (non-hydrogen) atoms. The lowest BCUT2D eigenvalue weighted by molar-refractivity contribution is -0.123. The molecule has 0 atom stereocenters. The van der Waals surface area contributed by atoms with Crippen molar-refractivity contribution in [2.75, 3.05) is 23.1 Å². The van der Waals surface area contributed by atoms with Gasteiger partial charge in [0.2, 0.25) is 5.91 Å². The van der Waals surface area contributed by atoms with Crippen molar-refractivity contribution in [2.24, 2.45) is 0 Å². The van der Waals surface area contributed by atoms with Crippen LogP contribution in [0.4, 0.5) is 17.1 Å². The van der Waals surface area contributed by atoms with E-state index >= 15 is 0 Å². The number of carbonyl (C=O) groups is 2. The minimum Gasteiger partial charge on any atom is -0.497 e. The summed E-state index contributed by atoms with van der Waals surface area (Å²) in [5, 5.41) is 12.2. The van der Waals surface area contributed by atoms with E-state index in [2.05, 4.69) is 5.32 Å². The molecule has 0 aromatic heterocycles. The summed E-state index contributed by atoms with van der Waals surface area (Å²) >= 11 is 0. The Morgan fingerprint density at radius 3 is 2.27 bits per heavy atom. The van der Waals surface area contributed by atoms with Crippen LogP contribution in [-0.2, 0) is 9.59 Å². The fourth-order valence-corrected chi connectivity index (χ4v) is 2.17. The van der Waals surface area contributed by atoms with Gasteiger partial charge in [0.15, 0.2) is 0 Å². The number of ether oxygens (including phenoxy) is 1. The van der Waals surface area contributed by atoms with Gasteiger partial charge in [-0.1, -0.05) is 0 Å². The van der Waals surface area contributed by atoms with Gasteiger partial charge in [-0.2, -0.15) is 5.26 Å². The summed E-state index contributed by atoms with van der Waals surface area (Å²) < 4.78 is 5.07. The van der Waals surface area contributed by atoms with E-state index in [1.54, 1.807) is 55.6 Å². The van der Waals surface area contributed by atoms with Crippen molar-refractivity contribution in [1.29, 1.82) is 5.26 Å². The van der Waals surface area contributed by atoms with E-state index in [4.69, 9.17) is 10.5 Å². The molecule has 3 N–H and O–H groups in total. The Hall–Kier alpha value is -3.79. The Morgan fingerprint density at radius 2 is 1.77 bits per heavy atom. The van der Waals surface area contributed by atoms with Gasteiger partial charge in [0.05, 0.1) is 12.8 Å². The molecule has 132 valence electrons. The first-order valence-electron chi connectivity index (χ1n) is 7.67. The molecule has 0 heterocycles. The third kappa shape index (κ3) is 4.39. The number of nitriles is 1. The van der Waals surface area contributed by atoms with E-state index in [1.165, 1.54) is 13.1 Å². The summed E-state index contributed by atoms with van der Waals surface area (Å²) in [5.41, 5.74) is 6.91. The molecule has 0 radical (unpaired) electrons. The monoisotopic (exact) mass is 350 g/mol. The summed E-state index contributed by atoms with van der Waals surface area (Å²) in [6, 6.07) is 15.0. The van der Waals surface area contributed by atoms with Crippen LogP contribution < -0.4 is 20.7 Å².